The number of fused-ring (bicyclic) bond motifs is 2. The fraction of sp³-hybridized carbons (Fsp3) is 0.0909. The van der Waals surface area contributed by atoms with Gasteiger partial charge in [-0.05, 0) is 34.4 Å². The Hall–Kier alpha value is -3.12. The SMILES string of the molecule is O.OCC1=CNc2ccccc2C=C1.OCC1=CNc2ccccc2C=C1. The first-order valence-corrected chi connectivity index (χ1v) is 8.47. The average Bonchev–Trinajstić information content (AvgIpc) is 3.04. The molecular formula is C22H24N2O3. The Morgan fingerprint density at radius 2 is 1.00 bits per heavy atom. The van der Waals surface area contributed by atoms with Crippen LogP contribution in [0, 0.1) is 0 Å². The number of aliphatic hydroxyl groups excluding tert-OH is 2. The number of nitrogens with one attached hydrogen (secondary N) is 2. The molecule has 27 heavy (non-hydrogen) atoms. The summed E-state index contributed by atoms with van der Waals surface area (Å²) in [6.45, 7) is 0.134. The van der Waals surface area contributed by atoms with Crippen LogP contribution in [0.5, 0.6) is 0 Å². The van der Waals surface area contributed by atoms with Gasteiger partial charge in [0.25, 0.3) is 0 Å². The van der Waals surface area contributed by atoms with E-state index in [1.165, 1.54) is 0 Å². The molecule has 0 radical (unpaired) electrons. The summed E-state index contributed by atoms with van der Waals surface area (Å²) in [7, 11) is 0. The van der Waals surface area contributed by atoms with E-state index < -0.39 is 0 Å². The molecule has 0 fully saturated rings. The molecule has 5 heteroatoms. The van der Waals surface area contributed by atoms with Crippen molar-refractivity contribution in [3.8, 4) is 0 Å². The van der Waals surface area contributed by atoms with Crippen molar-refractivity contribution in [2.24, 2.45) is 0 Å². The molecule has 4 rings (SSSR count). The third kappa shape index (κ3) is 5.43. The van der Waals surface area contributed by atoms with E-state index in [1.807, 2.05) is 85.2 Å². The summed E-state index contributed by atoms with van der Waals surface area (Å²) >= 11 is 0. The minimum atomic E-state index is 0. The number of benzene rings is 2. The molecule has 0 unspecified atom stereocenters. The van der Waals surface area contributed by atoms with Gasteiger partial charge >= 0.3 is 0 Å². The number of aliphatic hydroxyl groups is 2. The number of para-hydroxylation sites is 2. The van der Waals surface area contributed by atoms with Crippen LogP contribution in [0.25, 0.3) is 12.2 Å². The monoisotopic (exact) mass is 364 g/mol. The lowest BCUT2D eigenvalue weighted by Gasteiger charge is -2.02. The van der Waals surface area contributed by atoms with Crippen molar-refractivity contribution in [3.05, 3.63) is 95.4 Å². The Morgan fingerprint density at radius 1 is 0.593 bits per heavy atom. The van der Waals surface area contributed by atoms with Crippen molar-refractivity contribution in [2.75, 3.05) is 23.8 Å². The number of anilines is 2. The standard InChI is InChI=1S/2C11H11NO.H2O/c2*13-8-9-5-6-10-3-1-2-4-11(10)12-7-9;/h2*1-7,12-13H,8H2;1H2. The van der Waals surface area contributed by atoms with Crippen molar-refractivity contribution in [2.45, 2.75) is 0 Å². The zero-order chi connectivity index (χ0) is 18.2. The number of hydrogen-bond acceptors (Lipinski definition) is 4. The van der Waals surface area contributed by atoms with Crippen LogP contribution in [-0.4, -0.2) is 28.9 Å². The fourth-order valence-corrected chi connectivity index (χ4v) is 2.58. The first kappa shape index (κ1) is 20.2. The molecule has 2 aliphatic rings. The van der Waals surface area contributed by atoms with Crippen LogP contribution in [0.1, 0.15) is 11.1 Å². The molecule has 2 aromatic carbocycles. The van der Waals surface area contributed by atoms with Gasteiger partial charge < -0.3 is 26.3 Å². The molecule has 0 spiro atoms. The van der Waals surface area contributed by atoms with Gasteiger partial charge in [0.05, 0.1) is 13.2 Å². The zero-order valence-corrected chi connectivity index (χ0v) is 14.9. The quantitative estimate of drug-likeness (QED) is 0.658. The highest BCUT2D eigenvalue weighted by molar-refractivity contribution is 5.71. The van der Waals surface area contributed by atoms with E-state index in [0.717, 1.165) is 33.6 Å². The van der Waals surface area contributed by atoms with Gasteiger partial charge in [-0.2, -0.15) is 0 Å². The first-order valence-electron chi connectivity index (χ1n) is 8.47. The topological polar surface area (TPSA) is 96.0 Å². The minimum Gasteiger partial charge on any atom is -0.412 e. The lowest BCUT2D eigenvalue weighted by atomic mass is 10.1. The van der Waals surface area contributed by atoms with Crippen LogP contribution in [0.2, 0.25) is 0 Å². The summed E-state index contributed by atoms with van der Waals surface area (Å²) in [4.78, 5) is 0. The van der Waals surface area contributed by atoms with Gasteiger partial charge in [0.1, 0.15) is 0 Å². The molecule has 2 aliphatic heterocycles. The molecule has 2 heterocycles. The predicted octanol–water partition coefficient (Wildman–Crippen LogP) is 3.18. The van der Waals surface area contributed by atoms with Crippen molar-refractivity contribution in [1.29, 1.82) is 0 Å². The van der Waals surface area contributed by atoms with Crippen molar-refractivity contribution >= 4 is 23.5 Å². The second-order valence-electron chi connectivity index (χ2n) is 5.88. The van der Waals surface area contributed by atoms with Crippen molar-refractivity contribution in [1.82, 2.24) is 0 Å². The third-order valence-electron chi connectivity index (χ3n) is 4.07. The first-order chi connectivity index (χ1) is 12.8. The van der Waals surface area contributed by atoms with Crippen LogP contribution < -0.4 is 10.6 Å². The molecule has 140 valence electrons. The minimum absolute atomic E-state index is 0. The molecule has 0 saturated carbocycles. The van der Waals surface area contributed by atoms with Crippen molar-refractivity contribution in [3.63, 3.8) is 0 Å². The van der Waals surface area contributed by atoms with E-state index in [-0.39, 0.29) is 18.7 Å². The third-order valence-corrected chi connectivity index (χ3v) is 4.07. The maximum Gasteiger partial charge on any atom is 0.0695 e. The smallest absolute Gasteiger partial charge is 0.0695 e. The highest BCUT2D eigenvalue weighted by Gasteiger charge is 2.01. The molecule has 0 aromatic heterocycles. The Morgan fingerprint density at radius 3 is 1.41 bits per heavy atom. The predicted molar refractivity (Wildman–Crippen MR) is 112 cm³/mol. The Kier molecular flexibility index (Phi) is 7.58. The highest BCUT2D eigenvalue weighted by atomic mass is 16.3. The summed E-state index contributed by atoms with van der Waals surface area (Å²) in [5, 5.41) is 24.2. The maximum absolute atomic E-state index is 8.94. The number of hydrogen-bond donors (Lipinski definition) is 4. The molecule has 0 aliphatic carbocycles. The van der Waals surface area contributed by atoms with Crippen LogP contribution >= 0.6 is 0 Å². The summed E-state index contributed by atoms with van der Waals surface area (Å²) < 4.78 is 0. The summed E-state index contributed by atoms with van der Waals surface area (Å²) in [5.74, 6) is 0. The Balaban J connectivity index is 0.000000187. The van der Waals surface area contributed by atoms with Gasteiger partial charge in [0.15, 0.2) is 0 Å². The van der Waals surface area contributed by atoms with Gasteiger partial charge in [0.2, 0.25) is 0 Å². The van der Waals surface area contributed by atoms with Gasteiger partial charge in [-0.25, -0.2) is 0 Å². The van der Waals surface area contributed by atoms with E-state index in [9.17, 15) is 0 Å². The van der Waals surface area contributed by atoms with Crippen LogP contribution in [0.15, 0.2) is 84.2 Å². The number of rotatable bonds is 2. The molecule has 0 atom stereocenters. The van der Waals surface area contributed by atoms with E-state index in [2.05, 4.69) is 10.6 Å². The zero-order valence-electron chi connectivity index (χ0n) is 14.9. The van der Waals surface area contributed by atoms with E-state index >= 15 is 0 Å². The molecule has 0 amide bonds. The lowest BCUT2D eigenvalue weighted by molar-refractivity contribution is 0.334. The maximum atomic E-state index is 8.94. The molecule has 0 saturated heterocycles. The van der Waals surface area contributed by atoms with Crippen LogP contribution in [-0.2, 0) is 0 Å². The summed E-state index contributed by atoms with van der Waals surface area (Å²) in [5.41, 5.74) is 6.20. The largest absolute Gasteiger partial charge is 0.412 e. The molecule has 5 nitrogen and oxygen atoms in total. The Bertz CT molecular complexity index is 809. The van der Waals surface area contributed by atoms with E-state index in [0.29, 0.717) is 0 Å². The van der Waals surface area contributed by atoms with Crippen LogP contribution in [0.3, 0.4) is 0 Å². The van der Waals surface area contributed by atoms with Gasteiger partial charge in [-0.3, -0.25) is 0 Å². The normalized spacial score (nSPS) is 13.6. The molecule has 2 aromatic rings. The van der Waals surface area contributed by atoms with E-state index in [4.69, 9.17) is 10.2 Å². The fourth-order valence-electron chi connectivity index (χ4n) is 2.58. The summed E-state index contributed by atoms with van der Waals surface area (Å²) in [6, 6.07) is 16.0. The molecule has 6 N–H and O–H groups in total. The van der Waals surface area contributed by atoms with Gasteiger partial charge in [0, 0.05) is 23.8 Å². The van der Waals surface area contributed by atoms with Crippen LogP contribution in [0.4, 0.5) is 11.4 Å². The highest BCUT2D eigenvalue weighted by Crippen LogP contribution is 2.21. The molecule has 0 bridgehead atoms. The average molecular weight is 364 g/mol. The van der Waals surface area contributed by atoms with Gasteiger partial charge in [-0.15, -0.1) is 0 Å². The van der Waals surface area contributed by atoms with Gasteiger partial charge in [-0.1, -0.05) is 60.7 Å². The Labute approximate surface area is 159 Å². The lowest BCUT2D eigenvalue weighted by Crippen LogP contribution is -1.92. The molecular weight excluding hydrogens is 340 g/mol. The second kappa shape index (κ2) is 10.1. The summed E-state index contributed by atoms with van der Waals surface area (Å²) in [6.07, 6.45) is 11.5. The van der Waals surface area contributed by atoms with Crippen molar-refractivity contribution < 1.29 is 15.7 Å². The van der Waals surface area contributed by atoms with E-state index in [1.54, 1.807) is 0 Å². The second-order valence-corrected chi connectivity index (χ2v) is 5.88.